The van der Waals surface area contributed by atoms with Crippen LogP contribution < -0.4 is 0 Å². The first kappa shape index (κ1) is 19.2. The summed E-state index contributed by atoms with van der Waals surface area (Å²) in [5.41, 5.74) is 3.76. The molecule has 0 aromatic heterocycles. The normalized spacial score (nSPS) is 21.5. The number of carboxylic acids is 1. The molecule has 1 fully saturated rings. The fraction of sp³-hybridized carbons (Fsp3) is 0.348. The van der Waals surface area contributed by atoms with Gasteiger partial charge >= 0.3 is 5.97 Å². The summed E-state index contributed by atoms with van der Waals surface area (Å²) in [6.07, 6.45) is 5.17. The van der Waals surface area contributed by atoms with Crippen molar-refractivity contribution in [2.45, 2.75) is 25.2 Å². The zero-order chi connectivity index (χ0) is 19.4. The average molecular weight is 365 g/mol. The van der Waals surface area contributed by atoms with Crippen LogP contribution in [-0.2, 0) is 0 Å². The molecular weight excluding hydrogens is 338 g/mol. The Morgan fingerprint density at radius 1 is 1.19 bits per heavy atom. The van der Waals surface area contributed by atoms with Gasteiger partial charge in [-0.2, -0.15) is 0 Å². The highest BCUT2D eigenvalue weighted by molar-refractivity contribution is 5.88. The molecule has 2 aromatic rings. The number of phenolic OH excluding ortho intramolecular Hbond substituents is 1. The quantitative estimate of drug-likeness (QED) is 0.812. The Morgan fingerprint density at radius 3 is 2.67 bits per heavy atom. The number of aromatic hydroxyl groups is 1. The van der Waals surface area contributed by atoms with Gasteiger partial charge in [0.2, 0.25) is 0 Å². The van der Waals surface area contributed by atoms with Gasteiger partial charge < -0.3 is 15.1 Å². The third-order valence-corrected chi connectivity index (χ3v) is 5.29. The molecule has 3 rings (SSSR count). The molecule has 0 aliphatic heterocycles. The number of aromatic carboxylic acids is 1. The van der Waals surface area contributed by atoms with Crippen molar-refractivity contribution in [1.82, 2.24) is 4.90 Å². The lowest BCUT2D eigenvalue weighted by molar-refractivity contribution is 0.0697. The molecule has 1 aliphatic rings. The van der Waals surface area contributed by atoms with Crippen molar-refractivity contribution in [3.05, 3.63) is 70.8 Å². The zero-order valence-corrected chi connectivity index (χ0v) is 15.9. The smallest absolute Gasteiger partial charge is 0.335 e. The molecule has 1 aliphatic carbocycles. The molecular formula is C23H27NO3. The predicted octanol–water partition coefficient (Wildman–Crippen LogP) is 4.62. The maximum absolute atomic E-state index is 11.2. The summed E-state index contributed by atoms with van der Waals surface area (Å²) < 4.78 is 0. The lowest BCUT2D eigenvalue weighted by Gasteiger charge is -2.35. The van der Waals surface area contributed by atoms with Gasteiger partial charge in [-0.15, -0.1) is 0 Å². The summed E-state index contributed by atoms with van der Waals surface area (Å²) in [4.78, 5) is 13.4. The number of allylic oxidation sites excluding steroid dienone is 1. The minimum atomic E-state index is -0.900. The van der Waals surface area contributed by atoms with Crippen LogP contribution in [0.4, 0.5) is 0 Å². The third-order valence-electron chi connectivity index (χ3n) is 5.29. The molecule has 2 atom stereocenters. The van der Waals surface area contributed by atoms with Crippen LogP contribution in [0.2, 0.25) is 0 Å². The van der Waals surface area contributed by atoms with Crippen molar-refractivity contribution in [1.29, 1.82) is 0 Å². The SMILES string of the molecule is CN(C)C[C@H]1CC/C(=C/c2cccc(C(=O)O)c2)C[C@@H]1c1cccc(O)c1. The van der Waals surface area contributed by atoms with Crippen LogP contribution in [0.1, 0.15) is 46.7 Å². The van der Waals surface area contributed by atoms with Crippen molar-refractivity contribution in [2.24, 2.45) is 5.92 Å². The lowest BCUT2D eigenvalue weighted by Crippen LogP contribution is -2.29. The van der Waals surface area contributed by atoms with Crippen LogP contribution in [0.15, 0.2) is 54.1 Å². The lowest BCUT2D eigenvalue weighted by atomic mass is 9.73. The first-order valence-corrected chi connectivity index (χ1v) is 9.39. The van der Waals surface area contributed by atoms with E-state index in [4.69, 9.17) is 0 Å². The standard InChI is InChI=1S/C23H27NO3/c1-24(2)15-20-10-9-17(11-16-5-3-7-19(12-16)23(26)27)13-22(20)18-6-4-8-21(25)14-18/h3-8,11-12,14,20,22,25H,9-10,13,15H2,1-2H3,(H,26,27)/b17-11-/t20-,22-/m1/s1. The zero-order valence-electron chi connectivity index (χ0n) is 15.9. The predicted molar refractivity (Wildman–Crippen MR) is 108 cm³/mol. The first-order valence-electron chi connectivity index (χ1n) is 9.39. The Labute approximate surface area is 160 Å². The summed E-state index contributed by atoms with van der Waals surface area (Å²) in [5, 5.41) is 19.1. The number of nitrogens with zero attached hydrogens (tertiary/aromatic N) is 1. The number of benzene rings is 2. The molecule has 2 aromatic carbocycles. The molecule has 1 saturated carbocycles. The molecule has 0 spiro atoms. The number of carbonyl (C=O) groups is 1. The molecule has 27 heavy (non-hydrogen) atoms. The van der Waals surface area contributed by atoms with E-state index in [9.17, 15) is 15.0 Å². The van der Waals surface area contributed by atoms with Gasteiger partial charge in [0.15, 0.2) is 0 Å². The number of phenols is 1. The molecule has 0 amide bonds. The maximum Gasteiger partial charge on any atom is 0.335 e. The Morgan fingerprint density at radius 2 is 1.96 bits per heavy atom. The van der Waals surface area contributed by atoms with Gasteiger partial charge in [-0.3, -0.25) is 0 Å². The third kappa shape index (κ3) is 4.98. The number of hydrogen-bond acceptors (Lipinski definition) is 3. The van der Waals surface area contributed by atoms with Gasteiger partial charge in [-0.25, -0.2) is 4.79 Å². The fourth-order valence-corrected chi connectivity index (χ4v) is 4.08. The van der Waals surface area contributed by atoms with Crippen LogP contribution >= 0.6 is 0 Å². The van der Waals surface area contributed by atoms with Crippen LogP contribution in [-0.4, -0.2) is 41.7 Å². The molecule has 0 radical (unpaired) electrons. The molecule has 4 heteroatoms. The summed E-state index contributed by atoms with van der Waals surface area (Å²) in [6.45, 7) is 1.02. The van der Waals surface area contributed by atoms with E-state index < -0.39 is 5.97 Å². The minimum absolute atomic E-state index is 0.307. The van der Waals surface area contributed by atoms with Gasteiger partial charge in [0.25, 0.3) is 0 Å². The van der Waals surface area contributed by atoms with Gasteiger partial charge in [-0.1, -0.05) is 35.9 Å². The van der Waals surface area contributed by atoms with E-state index in [1.165, 1.54) is 11.1 Å². The van der Waals surface area contributed by atoms with E-state index >= 15 is 0 Å². The van der Waals surface area contributed by atoms with Crippen molar-refractivity contribution in [2.75, 3.05) is 20.6 Å². The molecule has 4 nitrogen and oxygen atoms in total. The fourth-order valence-electron chi connectivity index (χ4n) is 4.08. The first-order chi connectivity index (χ1) is 12.9. The van der Waals surface area contributed by atoms with Crippen LogP contribution in [0.3, 0.4) is 0 Å². The minimum Gasteiger partial charge on any atom is -0.508 e. The van der Waals surface area contributed by atoms with E-state index in [0.717, 1.165) is 31.4 Å². The van der Waals surface area contributed by atoms with Crippen LogP contribution in [0, 0.1) is 5.92 Å². The maximum atomic E-state index is 11.2. The van der Waals surface area contributed by atoms with Gasteiger partial charge in [-0.05, 0) is 80.6 Å². The van der Waals surface area contributed by atoms with E-state index in [1.54, 1.807) is 24.3 Å². The van der Waals surface area contributed by atoms with Crippen molar-refractivity contribution >= 4 is 12.0 Å². The van der Waals surface area contributed by atoms with Crippen molar-refractivity contribution < 1.29 is 15.0 Å². The Bertz CT molecular complexity index is 841. The molecule has 0 unspecified atom stereocenters. The summed E-state index contributed by atoms with van der Waals surface area (Å²) in [5.74, 6) is 0.287. The summed E-state index contributed by atoms with van der Waals surface area (Å²) >= 11 is 0. The average Bonchev–Trinajstić information content (AvgIpc) is 2.63. The second kappa shape index (κ2) is 8.40. The van der Waals surface area contributed by atoms with E-state index in [0.29, 0.717) is 23.1 Å². The largest absolute Gasteiger partial charge is 0.508 e. The van der Waals surface area contributed by atoms with E-state index in [-0.39, 0.29) is 0 Å². The highest BCUT2D eigenvalue weighted by Gasteiger charge is 2.29. The second-order valence-corrected chi connectivity index (χ2v) is 7.70. The molecule has 2 N–H and O–H groups in total. The molecule has 0 saturated heterocycles. The number of carboxylic acid groups (broad SMARTS) is 1. The van der Waals surface area contributed by atoms with Gasteiger partial charge in [0.05, 0.1) is 5.56 Å². The summed E-state index contributed by atoms with van der Waals surface area (Å²) in [6, 6.07) is 14.7. The topological polar surface area (TPSA) is 60.8 Å². The van der Waals surface area contributed by atoms with Crippen LogP contribution in [0.25, 0.3) is 6.08 Å². The highest BCUT2D eigenvalue weighted by atomic mass is 16.4. The van der Waals surface area contributed by atoms with Gasteiger partial charge in [0, 0.05) is 6.54 Å². The van der Waals surface area contributed by atoms with E-state index in [1.807, 2.05) is 18.2 Å². The Kier molecular flexibility index (Phi) is 5.97. The number of hydrogen-bond donors (Lipinski definition) is 2. The monoisotopic (exact) mass is 365 g/mol. The van der Waals surface area contributed by atoms with Crippen molar-refractivity contribution in [3.8, 4) is 5.75 Å². The van der Waals surface area contributed by atoms with Gasteiger partial charge in [0.1, 0.15) is 5.75 Å². The second-order valence-electron chi connectivity index (χ2n) is 7.70. The summed E-state index contributed by atoms with van der Waals surface area (Å²) in [7, 11) is 4.20. The molecule has 0 bridgehead atoms. The van der Waals surface area contributed by atoms with E-state index in [2.05, 4.69) is 31.1 Å². The van der Waals surface area contributed by atoms with Crippen LogP contribution in [0.5, 0.6) is 5.75 Å². The molecule has 142 valence electrons. The van der Waals surface area contributed by atoms with Crippen molar-refractivity contribution in [3.63, 3.8) is 0 Å². The Balaban J connectivity index is 1.87. The Hall–Kier alpha value is -2.59. The molecule has 0 heterocycles. The number of rotatable bonds is 5. The highest BCUT2D eigenvalue weighted by Crippen LogP contribution is 2.42.